The van der Waals surface area contributed by atoms with Crippen LogP contribution < -0.4 is 5.32 Å². The fraction of sp³-hybridized carbons (Fsp3) is 0.562. The summed E-state index contributed by atoms with van der Waals surface area (Å²) in [5, 5.41) is 2.83. The highest BCUT2D eigenvalue weighted by atomic mass is 32.2. The second-order valence-corrected chi connectivity index (χ2v) is 8.66. The first-order valence-electron chi connectivity index (χ1n) is 7.85. The molecular weight excluding hydrogens is 332 g/mol. The summed E-state index contributed by atoms with van der Waals surface area (Å²) in [5.41, 5.74) is 1.44. The number of aryl methyl sites for hydroxylation is 1. The fourth-order valence-electron chi connectivity index (χ4n) is 2.56. The van der Waals surface area contributed by atoms with E-state index in [0.29, 0.717) is 25.2 Å². The number of sulfonamides is 1. The number of benzene rings is 1. The second-order valence-electron chi connectivity index (χ2n) is 5.73. The number of rotatable bonds is 6. The highest BCUT2D eigenvalue weighted by Crippen LogP contribution is 2.25. The monoisotopic (exact) mass is 356 g/mol. The van der Waals surface area contributed by atoms with Gasteiger partial charge < -0.3 is 5.32 Å². The highest BCUT2D eigenvalue weighted by Gasteiger charge is 2.26. The Kier molecular flexibility index (Phi) is 6.50. The zero-order chi connectivity index (χ0) is 16.9. The van der Waals surface area contributed by atoms with Crippen LogP contribution in [0, 0.1) is 6.92 Å². The molecule has 0 aromatic heterocycles. The summed E-state index contributed by atoms with van der Waals surface area (Å²) < 4.78 is 27.0. The van der Waals surface area contributed by atoms with E-state index < -0.39 is 10.0 Å². The van der Waals surface area contributed by atoms with Gasteiger partial charge in [-0.3, -0.25) is 4.79 Å². The number of piperidine rings is 1. The topological polar surface area (TPSA) is 66.5 Å². The first-order chi connectivity index (χ1) is 10.9. The van der Waals surface area contributed by atoms with Gasteiger partial charge in [0, 0.05) is 31.0 Å². The minimum atomic E-state index is -3.48. The van der Waals surface area contributed by atoms with Gasteiger partial charge in [0.25, 0.3) is 0 Å². The molecule has 1 amide bonds. The lowest BCUT2D eigenvalue weighted by Gasteiger charge is -2.26. The van der Waals surface area contributed by atoms with E-state index in [0.717, 1.165) is 30.6 Å². The molecule has 0 radical (unpaired) electrons. The summed E-state index contributed by atoms with van der Waals surface area (Å²) >= 11 is 1.61. The molecule has 23 heavy (non-hydrogen) atoms. The van der Waals surface area contributed by atoms with Gasteiger partial charge in [-0.2, -0.15) is 16.1 Å². The molecule has 0 saturated carbocycles. The van der Waals surface area contributed by atoms with Gasteiger partial charge in [0.2, 0.25) is 15.9 Å². The number of carbonyl (C=O) groups excluding carboxylic acids is 1. The smallest absolute Gasteiger partial charge is 0.243 e. The lowest BCUT2D eigenvalue weighted by molar-refractivity contribution is -0.115. The summed E-state index contributed by atoms with van der Waals surface area (Å²) in [6.07, 6.45) is 5.26. The quantitative estimate of drug-likeness (QED) is 0.851. The summed E-state index contributed by atoms with van der Waals surface area (Å²) in [7, 11) is -3.48. The van der Waals surface area contributed by atoms with Crippen molar-refractivity contribution in [3.8, 4) is 0 Å². The maximum Gasteiger partial charge on any atom is 0.243 e. The first-order valence-corrected chi connectivity index (χ1v) is 10.7. The van der Waals surface area contributed by atoms with E-state index in [-0.39, 0.29) is 10.8 Å². The average Bonchev–Trinajstić information content (AvgIpc) is 2.55. The molecule has 0 spiro atoms. The molecule has 0 atom stereocenters. The van der Waals surface area contributed by atoms with Gasteiger partial charge in [0.15, 0.2) is 0 Å². The Hall–Kier alpha value is -1.05. The third kappa shape index (κ3) is 4.71. The van der Waals surface area contributed by atoms with Crippen molar-refractivity contribution in [1.29, 1.82) is 0 Å². The molecule has 1 saturated heterocycles. The van der Waals surface area contributed by atoms with Crippen molar-refractivity contribution in [1.82, 2.24) is 4.31 Å². The van der Waals surface area contributed by atoms with Gasteiger partial charge in [-0.1, -0.05) is 12.5 Å². The van der Waals surface area contributed by atoms with Gasteiger partial charge in [-0.25, -0.2) is 8.42 Å². The standard InChI is InChI=1S/C16H24N2O3S2/c1-13-6-7-14(12-15(13)17-16(19)8-11-22-2)23(20,21)18-9-4-3-5-10-18/h6-7,12H,3-5,8-11H2,1-2H3,(H,17,19). The second kappa shape index (κ2) is 8.17. The molecule has 0 unspecified atom stereocenters. The molecule has 1 aliphatic rings. The molecule has 1 heterocycles. The van der Waals surface area contributed by atoms with Crippen LogP contribution in [0.5, 0.6) is 0 Å². The first kappa shape index (κ1) is 18.3. The Morgan fingerprint density at radius 1 is 1.26 bits per heavy atom. The number of carbonyl (C=O) groups is 1. The van der Waals surface area contributed by atoms with Gasteiger partial charge in [-0.15, -0.1) is 0 Å². The van der Waals surface area contributed by atoms with Crippen LogP contribution in [0.2, 0.25) is 0 Å². The van der Waals surface area contributed by atoms with Crippen molar-refractivity contribution < 1.29 is 13.2 Å². The van der Waals surface area contributed by atoms with Crippen LogP contribution in [0.15, 0.2) is 23.1 Å². The average molecular weight is 357 g/mol. The minimum absolute atomic E-state index is 0.0880. The lowest BCUT2D eigenvalue weighted by atomic mass is 10.2. The number of thioether (sulfide) groups is 1. The van der Waals surface area contributed by atoms with Crippen molar-refractivity contribution in [2.45, 2.75) is 37.5 Å². The fourth-order valence-corrected chi connectivity index (χ4v) is 4.49. The van der Waals surface area contributed by atoms with Crippen molar-refractivity contribution in [2.75, 3.05) is 30.4 Å². The van der Waals surface area contributed by atoms with E-state index in [2.05, 4.69) is 5.32 Å². The predicted molar refractivity (Wildman–Crippen MR) is 95.4 cm³/mol. The molecule has 2 rings (SSSR count). The Morgan fingerprint density at radius 3 is 2.61 bits per heavy atom. The predicted octanol–water partition coefficient (Wildman–Crippen LogP) is 2.86. The number of hydrogen-bond acceptors (Lipinski definition) is 4. The van der Waals surface area contributed by atoms with Gasteiger partial charge in [0.1, 0.15) is 0 Å². The van der Waals surface area contributed by atoms with Crippen molar-refractivity contribution in [2.24, 2.45) is 0 Å². The molecule has 1 aromatic rings. The van der Waals surface area contributed by atoms with Crippen molar-refractivity contribution in [3.05, 3.63) is 23.8 Å². The van der Waals surface area contributed by atoms with Gasteiger partial charge in [0.05, 0.1) is 4.90 Å². The normalized spacial score (nSPS) is 16.3. The third-order valence-electron chi connectivity index (χ3n) is 3.97. The van der Waals surface area contributed by atoms with E-state index >= 15 is 0 Å². The van der Waals surface area contributed by atoms with E-state index in [1.54, 1.807) is 34.3 Å². The number of hydrogen-bond donors (Lipinski definition) is 1. The Balaban J connectivity index is 2.20. The molecule has 1 N–H and O–H groups in total. The lowest BCUT2D eigenvalue weighted by Crippen LogP contribution is -2.35. The number of anilines is 1. The van der Waals surface area contributed by atoms with E-state index in [4.69, 9.17) is 0 Å². The number of nitrogens with zero attached hydrogens (tertiary/aromatic N) is 1. The van der Waals surface area contributed by atoms with Crippen molar-refractivity contribution in [3.63, 3.8) is 0 Å². The largest absolute Gasteiger partial charge is 0.326 e. The number of nitrogens with one attached hydrogen (secondary N) is 1. The molecule has 5 nitrogen and oxygen atoms in total. The van der Waals surface area contributed by atoms with E-state index in [1.165, 1.54) is 0 Å². The molecule has 1 aromatic carbocycles. The Bertz CT molecular complexity index is 653. The van der Waals surface area contributed by atoms with Crippen LogP contribution in [-0.2, 0) is 14.8 Å². The van der Waals surface area contributed by atoms with Crippen LogP contribution in [0.1, 0.15) is 31.2 Å². The van der Waals surface area contributed by atoms with Crippen LogP contribution in [0.4, 0.5) is 5.69 Å². The zero-order valence-electron chi connectivity index (χ0n) is 13.7. The molecule has 7 heteroatoms. The molecule has 1 fully saturated rings. The van der Waals surface area contributed by atoms with Crippen molar-refractivity contribution >= 4 is 33.4 Å². The molecular formula is C16H24N2O3S2. The van der Waals surface area contributed by atoms with Gasteiger partial charge >= 0.3 is 0 Å². The summed E-state index contributed by atoms with van der Waals surface area (Å²) in [5.74, 6) is 0.659. The Labute approximate surface area is 142 Å². The van der Waals surface area contributed by atoms with E-state index in [9.17, 15) is 13.2 Å². The Morgan fingerprint density at radius 2 is 1.96 bits per heavy atom. The van der Waals surface area contributed by atoms with E-state index in [1.807, 2.05) is 13.2 Å². The molecule has 0 bridgehead atoms. The van der Waals surface area contributed by atoms with Crippen LogP contribution in [0.3, 0.4) is 0 Å². The summed E-state index contributed by atoms with van der Waals surface area (Å²) in [6.45, 7) is 3.01. The van der Waals surface area contributed by atoms with Crippen LogP contribution in [0.25, 0.3) is 0 Å². The highest BCUT2D eigenvalue weighted by molar-refractivity contribution is 7.98. The molecule has 0 aliphatic carbocycles. The zero-order valence-corrected chi connectivity index (χ0v) is 15.3. The third-order valence-corrected chi connectivity index (χ3v) is 6.48. The molecule has 128 valence electrons. The van der Waals surface area contributed by atoms with Crippen LogP contribution in [-0.4, -0.2) is 43.7 Å². The SMILES string of the molecule is CSCCC(=O)Nc1cc(S(=O)(=O)N2CCCCC2)ccc1C. The maximum absolute atomic E-state index is 12.7. The molecule has 1 aliphatic heterocycles. The van der Waals surface area contributed by atoms with Crippen LogP contribution >= 0.6 is 11.8 Å². The summed E-state index contributed by atoms with van der Waals surface area (Å²) in [4.78, 5) is 12.2. The maximum atomic E-state index is 12.7. The summed E-state index contributed by atoms with van der Waals surface area (Å²) in [6, 6.07) is 4.95. The number of amides is 1. The minimum Gasteiger partial charge on any atom is -0.326 e. The van der Waals surface area contributed by atoms with Gasteiger partial charge in [-0.05, 0) is 43.7 Å².